The Balaban J connectivity index is 3.23. The first-order valence-corrected chi connectivity index (χ1v) is 10.7. The fourth-order valence-electron chi connectivity index (χ4n) is 2.83. The Bertz CT molecular complexity index is 708. The molecule has 0 aliphatic carbocycles. The van der Waals surface area contributed by atoms with Gasteiger partial charge in [0.05, 0.1) is 22.9 Å². The van der Waals surface area contributed by atoms with Gasteiger partial charge in [-0.25, -0.2) is 13.5 Å². The molecular weight excluding hydrogens is 378 g/mol. The normalized spacial score (nSPS) is 14.1. The van der Waals surface area contributed by atoms with Gasteiger partial charge in [-0.15, -0.1) is 0 Å². The van der Waals surface area contributed by atoms with E-state index in [4.69, 9.17) is 21.2 Å². The number of nitrogens with zero attached hydrogens (tertiary/aromatic N) is 1. The Kier molecular flexibility index (Phi) is 9.03. The summed E-state index contributed by atoms with van der Waals surface area (Å²) in [7, 11) is 1.21. The average molecular weight is 406 g/mol. The van der Waals surface area contributed by atoms with Crippen LogP contribution in [0.4, 0.5) is 0 Å². The van der Waals surface area contributed by atoms with Crippen LogP contribution in [-0.2, 0) is 24.2 Å². The van der Waals surface area contributed by atoms with Crippen molar-refractivity contribution in [1.29, 1.82) is 0 Å². The number of likely N-dealkylation sites (N-methyl/N-ethyl adjacent to an activating group) is 1. The molecule has 0 saturated carbocycles. The summed E-state index contributed by atoms with van der Waals surface area (Å²) in [6, 6.07) is 4.67. The number of hydrogen-bond acceptors (Lipinski definition) is 5. The van der Waals surface area contributed by atoms with Crippen LogP contribution in [0.15, 0.2) is 23.1 Å². The standard InChI is InChI=1S/C18H28ClNO5S/c1-6-13(9-10-24-3)11-15(18(21)20(2)25-4)14-7-8-17(16(19)12-14)26(5,22)23/h7-8,12-13,15H,6,9-11H2,1-5H3. The summed E-state index contributed by atoms with van der Waals surface area (Å²) in [6.45, 7) is 2.69. The number of rotatable bonds is 10. The molecule has 148 valence electrons. The van der Waals surface area contributed by atoms with E-state index in [0.717, 1.165) is 19.1 Å². The Labute approximate surface area is 161 Å². The minimum atomic E-state index is -3.43. The van der Waals surface area contributed by atoms with Gasteiger partial charge >= 0.3 is 0 Å². The number of methoxy groups -OCH3 is 1. The Morgan fingerprint density at radius 2 is 1.96 bits per heavy atom. The molecule has 2 atom stereocenters. The number of sulfone groups is 1. The van der Waals surface area contributed by atoms with Gasteiger partial charge in [-0.3, -0.25) is 9.63 Å². The van der Waals surface area contributed by atoms with Crippen molar-refractivity contribution in [2.24, 2.45) is 5.92 Å². The molecule has 26 heavy (non-hydrogen) atoms. The van der Waals surface area contributed by atoms with E-state index in [-0.39, 0.29) is 21.7 Å². The highest BCUT2D eigenvalue weighted by Crippen LogP contribution is 2.32. The van der Waals surface area contributed by atoms with Crippen molar-refractivity contribution in [3.8, 4) is 0 Å². The van der Waals surface area contributed by atoms with Gasteiger partial charge < -0.3 is 4.74 Å². The second-order valence-electron chi connectivity index (χ2n) is 6.32. The van der Waals surface area contributed by atoms with Crippen molar-refractivity contribution < 1.29 is 22.8 Å². The number of benzene rings is 1. The maximum absolute atomic E-state index is 12.8. The lowest BCUT2D eigenvalue weighted by Gasteiger charge is -2.26. The van der Waals surface area contributed by atoms with Crippen LogP contribution >= 0.6 is 11.6 Å². The number of ether oxygens (including phenoxy) is 1. The maximum atomic E-state index is 12.8. The van der Waals surface area contributed by atoms with Crippen molar-refractivity contribution in [2.75, 3.05) is 34.1 Å². The predicted octanol–water partition coefficient (Wildman–Crippen LogP) is 3.30. The van der Waals surface area contributed by atoms with Crippen molar-refractivity contribution in [3.63, 3.8) is 0 Å². The number of carbonyl (C=O) groups is 1. The molecule has 2 unspecified atom stereocenters. The highest BCUT2D eigenvalue weighted by atomic mass is 35.5. The Hall–Kier alpha value is -1.15. The van der Waals surface area contributed by atoms with Gasteiger partial charge in [0.15, 0.2) is 9.84 Å². The molecule has 0 N–H and O–H groups in total. The van der Waals surface area contributed by atoms with E-state index in [2.05, 4.69) is 6.92 Å². The predicted molar refractivity (Wildman–Crippen MR) is 102 cm³/mol. The van der Waals surface area contributed by atoms with Crippen LogP contribution in [0.1, 0.15) is 37.7 Å². The quantitative estimate of drug-likeness (QED) is 0.558. The van der Waals surface area contributed by atoms with Crippen molar-refractivity contribution >= 4 is 27.3 Å². The number of amides is 1. The third kappa shape index (κ3) is 6.23. The second kappa shape index (κ2) is 10.3. The van der Waals surface area contributed by atoms with Gasteiger partial charge in [-0.1, -0.05) is 31.0 Å². The largest absolute Gasteiger partial charge is 0.385 e. The van der Waals surface area contributed by atoms with Gasteiger partial charge in [0.25, 0.3) is 5.91 Å². The highest BCUT2D eigenvalue weighted by molar-refractivity contribution is 7.90. The van der Waals surface area contributed by atoms with Crippen molar-refractivity contribution in [3.05, 3.63) is 28.8 Å². The lowest BCUT2D eigenvalue weighted by Crippen LogP contribution is -2.32. The van der Waals surface area contributed by atoms with Crippen LogP contribution in [0.2, 0.25) is 5.02 Å². The first-order chi connectivity index (χ1) is 12.1. The van der Waals surface area contributed by atoms with Crippen molar-refractivity contribution in [2.45, 2.75) is 37.0 Å². The molecule has 0 spiro atoms. The molecule has 1 aromatic carbocycles. The molecule has 0 aromatic heterocycles. The molecule has 8 heteroatoms. The lowest BCUT2D eigenvalue weighted by molar-refractivity contribution is -0.171. The number of hydroxylamine groups is 2. The molecule has 0 saturated heterocycles. The Morgan fingerprint density at radius 3 is 2.42 bits per heavy atom. The Morgan fingerprint density at radius 1 is 1.31 bits per heavy atom. The van der Waals surface area contributed by atoms with E-state index in [9.17, 15) is 13.2 Å². The summed E-state index contributed by atoms with van der Waals surface area (Å²) in [4.78, 5) is 17.9. The molecular formula is C18H28ClNO5S. The first kappa shape index (κ1) is 22.9. The minimum absolute atomic E-state index is 0.0561. The molecule has 6 nitrogen and oxygen atoms in total. The van der Waals surface area contributed by atoms with E-state index in [1.807, 2.05) is 0 Å². The van der Waals surface area contributed by atoms with Crippen LogP contribution in [0.3, 0.4) is 0 Å². The maximum Gasteiger partial charge on any atom is 0.253 e. The molecule has 1 aromatic rings. The zero-order valence-electron chi connectivity index (χ0n) is 16.0. The molecule has 0 radical (unpaired) electrons. The summed E-state index contributed by atoms with van der Waals surface area (Å²) in [5.41, 5.74) is 0.673. The zero-order chi connectivity index (χ0) is 19.9. The van der Waals surface area contributed by atoms with Crippen LogP contribution in [0, 0.1) is 5.92 Å². The number of hydrogen-bond donors (Lipinski definition) is 0. The van der Waals surface area contributed by atoms with Gasteiger partial charge in [-0.05, 0) is 36.5 Å². The first-order valence-electron chi connectivity index (χ1n) is 8.45. The summed E-state index contributed by atoms with van der Waals surface area (Å²) >= 11 is 6.17. The van der Waals surface area contributed by atoms with Gasteiger partial charge in [-0.2, -0.15) is 0 Å². The van der Waals surface area contributed by atoms with Crippen LogP contribution in [-0.4, -0.2) is 53.5 Å². The van der Waals surface area contributed by atoms with Crippen molar-refractivity contribution in [1.82, 2.24) is 5.06 Å². The number of halogens is 1. The molecule has 0 aliphatic heterocycles. The lowest BCUT2D eigenvalue weighted by atomic mass is 9.85. The zero-order valence-corrected chi connectivity index (χ0v) is 17.6. The van der Waals surface area contributed by atoms with Crippen LogP contribution < -0.4 is 0 Å². The summed E-state index contributed by atoms with van der Waals surface area (Å²) in [5.74, 6) is -0.401. The fraction of sp³-hybridized carbons (Fsp3) is 0.611. The fourth-order valence-corrected chi connectivity index (χ4v) is 4.17. The van der Waals surface area contributed by atoms with E-state index in [1.165, 1.54) is 18.2 Å². The highest BCUT2D eigenvalue weighted by Gasteiger charge is 2.28. The molecule has 1 rings (SSSR count). The van der Waals surface area contributed by atoms with E-state index in [1.54, 1.807) is 26.3 Å². The smallest absolute Gasteiger partial charge is 0.253 e. The molecule has 1 amide bonds. The molecule has 0 aliphatic rings. The van der Waals surface area contributed by atoms with E-state index >= 15 is 0 Å². The third-order valence-corrected chi connectivity index (χ3v) is 6.10. The average Bonchev–Trinajstić information content (AvgIpc) is 2.59. The molecule has 0 heterocycles. The van der Waals surface area contributed by atoms with Crippen LogP contribution in [0.5, 0.6) is 0 Å². The van der Waals surface area contributed by atoms with E-state index in [0.29, 0.717) is 18.6 Å². The second-order valence-corrected chi connectivity index (χ2v) is 8.72. The van der Waals surface area contributed by atoms with Gasteiger partial charge in [0.1, 0.15) is 0 Å². The monoisotopic (exact) mass is 405 g/mol. The third-order valence-electron chi connectivity index (χ3n) is 4.52. The van der Waals surface area contributed by atoms with Crippen LogP contribution in [0.25, 0.3) is 0 Å². The summed E-state index contributed by atoms with van der Waals surface area (Å²) in [6.07, 6.45) is 3.44. The molecule has 0 fully saturated rings. The topological polar surface area (TPSA) is 72.9 Å². The van der Waals surface area contributed by atoms with Gasteiger partial charge in [0, 0.05) is 27.0 Å². The van der Waals surface area contributed by atoms with E-state index < -0.39 is 15.8 Å². The summed E-state index contributed by atoms with van der Waals surface area (Å²) < 4.78 is 28.7. The SMILES string of the molecule is CCC(CCOC)CC(C(=O)N(C)OC)c1ccc(S(C)(=O)=O)c(Cl)c1. The number of carbonyl (C=O) groups excluding carboxylic acids is 1. The summed E-state index contributed by atoms with van der Waals surface area (Å²) in [5, 5.41) is 1.30. The molecule has 0 bridgehead atoms. The minimum Gasteiger partial charge on any atom is -0.385 e. The van der Waals surface area contributed by atoms with Gasteiger partial charge in [0.2, 0.25) is 0 Å².